The van der Waals surface area contributed by atoms with Crippen LogP contribution < -0.4 is 0 Å². The van der Waals surface area contributed by atoms with Crippen molar-refractivity contribution >= 4 is 11.6 Å². The molecule has 0 saturated carbocycles. The summed E-state index contributed by atoms with van der Waals surface area (Å²) in [4.78, 5) is 0. The summed E-state index contributed by atoms with van der Waals surface area (Å²) in [5, 5.41) is 10.8. The van der Waals surface area contributed by atoms with Gasteiger partial charge < -0.3 is 9.67 Å². The minimum Gasteiger partial charge on any atom is -0.388 e. The van der Waals surface area contributed by atoms with Gasteiger partial charge in [0.25, 0.3) is 0 Å². The molecule has 0 amide bonds. The van der Waals surface area contributed by atoms with Crippen LogP contribution in [0.4, 0.5) is 0 Å². The van der Waals surface area contributed by atoms with Crippen LogP contribution in [-0.2, 0) is 6.42 Å². The first kappa shape index (κ1) is 11.8. The molecule has 1 aromatic carbocycles. The Balaban J connectivity index is 2.22. The molecule has 1 aromatic heterocycles. The van der Waals surface area contributed by atoms with Gasteiger partial charge in [0.1, 0.15) is 0 Å². The highest BCUT2D eigenvalue weighted by Gasteiger charge is 2.24. The molecule has 18 heavy (non-hydrogen) atoms. The van der Waals surface area contributed by atoms with Crippen LogP contribution in [0.25, 0.3) is 5.69 Å². The molecule has 0 fully saturated rings. The number of hydrogen-bond acceptors (Lipinski definition) is 1. The highest BCUT2D eigenvalue weighted by Crippen LogP contribution is 2.35. The third kappa shape index (κ3) is 1.76. The van der Waals surface area contributed by atoms with E-state index < -0.39 is 0 Å². The normalized spacial score (nSPS) is 18.7. The average molecular weight is 262 g/mol. The summed E-state index contributed by atoms with van der Waals surface area (Å²) >= 11 is 6.28. The highest BCUT2D eigenvalue weighted by molar-refractivity contribution is 6.32. The average Bonchev–Trinajstić information content (AvgIpc) is 2.68. The van der Waals surface area contributed by atoms with E-state index in [1.165, 1.54) is 5.69 Å². The lowest BCUT2D eigenvalue weighted by atomic mass is 9.95. The molecule has 3 rings (SSSR count). The lowest BCUT2D eigenvalue weighted by Crippen LogP contribution is -2.11. The van der Waals surface area contributed by atoms with Crippen LogP contribution in [0.15, 0.2) is 30.3 Å². The number of hydrogen-bond donors (Lipinski definition) is 1. The van der Waals surface area contributed by atoms with Gasteiger partial charge in [0.2, 0.25) is 0 Å². The number of para-hydroxylation sites is 1. The van der Waals surface area contributed by atoms with E-state index in [0.29, 0.717) is 0 Å². The fourth-order valence-corrected chi connectivity index (χ4v) is 3.07. The number of halogens is 1. The smallest absolute Gasteiger partial charge is 0.0807 e. The predicted octanol–water partition coefficient (Wildman–Crippen LogP) is 3.81. The molecule has 1 unspecified atom stereocenters. The molecule has 0 radical (unpaired) electrons. The molecule has 1 N–H and O–H groups in total. The van der Waals surface area contributed by atoms with Crippen molar-refractivity contribution in [1.29, 1.82) is 0 Å². The molecule has 94 valence electrons. The quantitative estimate of drug-likeness (QED) is 0.830. The van der Waals surface area contributed by atoms with E-state index in [2.05, 4.69) is 17.6 Å². The number of aryl methyl sites for hydroxylation is 1. The Labute approximate surface area is 112 Å². The van der Waals surface area contributed by atoms with Crippen LogP contribution in [-0.4, -0.2) is 9.67 Å². The van der Waals surface area contributed by atoms with Crippen LogP contribution in [0.2, 0.25) is 5.02 Å². The molecule has 3 heteroatoms. The zero-order chi connectivity index (χ0) is 12.7. The minimum atomic E-state index is -0.323. The number of benzene rings is 1. The Bertz CT molecular complexity index is 588. The van der Waals surface area contributed by atoms with E-state index in [-0.39, 0.29) is 6.10 Å². The van der Waals surface area contributed by atoms with Gasteiger partial charge in [-0.2, -0.15) is 0 Å². The summed E-state index contributed by atoms with van der Waals surface area (Å²) in [6, 6.07) is 9.94. The van der Waals surface area contributed by atoms with E-state index in [9.17, 15) is 5.11 Å². The van der Waals surface area contributed by atoms with Crippen molar-refractivity contribution in [2.45, 2.75) is 32.3 Å². The van der Waals surface area contributed by atoms with Gasteiger partial charge in [-0.1, -0.05) is 23.7 Å². The Hall–Kier alpha value is -1.25. The van der Waals surface area contributed by atoms with Crippen molar-refractivity contribution in [3.8, 4) is 5.69 Å². The van der Waals surface area contributed by atoms with Crippen molar-refractivity contribution in [2.24, 2.45) is 0 Å². The van der Waals surface area contributed by atoms with Gasteiger partial charge in [-0.05, 0) is 44.4 Å². The van der Waals surface area contributed by atoms with E-state index in [0.717, 1.165) is 41.2 Å². The molecule has 2 aromatic rings. The second kappa shape index (κ2) is 4.45. The largest absolute Gasteiger partial charge is 0.388 e. The van der Waals surface area contributed by atoms with Gasteiger partial charge in [-0.15, -0.1) is 0 Å². The third-order valence-corrected chi connectivity index (χ3v) is 3.98. The Kier molecular flexibility index (Phi) is 2.92. The lowest BCUT2D eigenvalue weighted by Gasteiger charge is -2.21. The number of fused-ring (bicyclic) bond motifs is 1. The van der Waals surface area contributed by atoms with Crippen molar-refractivity contribution < 1.29 is 5.11 Å². The monoisotopic (exact) mass is 261 g/mol. The molecule has 1 aliphatic carbocycles. The van der Waals surface area contributed by atoms with Gasteiger partial charge in [-0.25, -0.2) is 0 Å². The number of aliphatic hydroxyl groups is 1. The SMILES string of the molecule is Cc1cc2c(n1-c1ccccc1Cl)CCCC2O. The molecular formula is C15H16ClNO. The summed E-state index contributed by atoms with van der Waals surface area (Å²) in [5.41, 5.74) is 4.42. The van der Waals surface area contributed by atoms with E-state index >= 15 is 0 Å². The maximum Gasteiger partial charge on any atom is 0.0807 e. The molecule has 0 saturated heterocycles. The molecule has 1 atom stereocenters. The highest BCUT2D eigenvalue weighted by atomic mass is 35.5. The van der Waals surface area contributed by atoms with Gasteiger partial charge in [0.15, 0.2) is 0 Å². The molecular weight excluding hydrogens is 246 g/mol. The maximum atomic E-state index is 10.1. The first-order valence-electron chi connectivity index (χ1n) is 6.32. The Morgan fingerprint density at radius 2 is 2.11 bits per heavy atom. The van der Waals surface area contributed by atoms with Crippen molar-refractivity contribution in [3.05, 3.63) is 52.3 Å². The van der Waals surface area contributed by atoms with Crippen LogP contribution in [0.1, 0.15) is 35.9 Å². The first-order valence-corrected chi connectivity index (χ1v) is 6.70. The topological polar surface area (TPSA) is 25.2 Å². The van der Waals surface area contributed by atoms with Crippen LogP contribution >= 0.6 is 11.6 Å². The zero-order valence-corrected chi connectivity index (χ0v) is 11.1. The Morgan fingerprint density at radius 3 is 2.89 bits per heavy atom. The van der Waals surface area contributed by atoms with Crippen molar-refractivity contribution in [1.82, 2.24) is 4.57 Å². The summed E-state index contributed by atoms with van der Waals surface area (Å²) in [5.74, 6) is 0. The number of aromatic nitrogens is 1. The predicted molar refractivity (Wildman–Crippen MR) is 73.4 cm³/mol. The summed E-state index contributed by atoms with van der Waals surface area (Å²) < 4.78 is 2.18. The van der Waals surface area contributed by atoms with E-state index in [1.54, 1.807) is 0 Å². The number of nitrogens with zero attached hydrogens (tertiary/aromatic N) is 1. The fraction of sp³-hybridized carbons (Fsp3) is 0.333. The van der Waals surface area contributed by atoms with Crippen LogP contribution in [0.3, 0.4) is 0 Å². The second-order valence-electron chi connectivity index (χ2n) is 4.88. The van der Waals surface area contributed by atoms with E-state index in [4.69, 9.17) is 11.6 Å². The van der Waals surface area contributed by atoms with Crippen molar-refractivity contribution in [3.63, 3.8) is 0 Å². The standard InChI is InChI=1S/C15H16ClNO/c1-10-9-11-13(7-4-8-15(11)18)17(10)14-6-3-2-5-12(14)16/h2-3,5-6,9,15,18H,4,7-8H2,1H3. The summed E-state index contributed by atoms with van der Waals surface area (Å²) in [7, 11) is 0. The summed E-state index contributed by atoms with van der Waals surface area (Å²) in [6.07, 6.45) is 2.57. The van der Waals surface area contributed by atoms with Gasteiger partial charge in [0, 0.05) is 17.0 Å². The van der Waals surface area contributed by atoms with Crippen LogP contribution in [0.5, 0.6) is 0 Å². The lowest BCUT2D eigenvalue weighted by molar-refractivity contribution is 0.156. The molecule has 0 spiro atoms. The summed E-state index contributed by atoms with van der Waals surface area (Å²) in [6.45, 7) is 2.06. The minimum absolute atomic E-state index is 0.323. The fourth-order valence-electron chi connectivity index (χ4n) is 2.85. The van der Waals surface area contributed by atoms with Crippen molar-refractivity contribution in [2.75, 3.05) is 0 Å². The van der Waals surface area contributed by atoms with E-state index in [1.807, 2.05) is 24.3 Å². The third-order valence-electron chi connectivity index (χ3n) is 3.66. The number of rotatable bonds is 1. The first-order chi connectivity index (χ1) is 8.68. The molecule has 1 aliphatic rings. The Morgan fingerprint density at radius 1 is 1.33 bits per heavy atom. The molecule has 0 bridgehead atoms. The number of aliphatic hydroxyl groups excluding tert-OH is 1. The van der Waals surface area contributed by atoms with Gasteiger partial charge >= 0.3 is 0 Å². The zero-order valence-electron chi connectivity index (χ0n) is 10.4. The molecule has 1 heterocycles. The molecule has 0 aliphatic heterocycles. The maximum absolute atomic E-state index is 10.1. The van der Waals surface area contributed by atoms with Gasteiger partial charge in [-0.3, -0.25) is 0 Å². The van der Waals surface area contributed by atoms with Gasteiger partial charge in [0.05, 0.1) is 16.8 Å². The molecule has 2 nitrogen and oxygen atoms in total. The van der Waals surface area contributed by atoms with Crippen LogP contribution in [0, 0.1) is 6.92 Å². The second-order valence-corrected chi connectivity index (χ2v) is 5.29.